The predicted octanol–water partition coefficient (Wildman–Crippen LogP) is 2.93. The number of rotatable bonds is 4. The topological polar surface area (TPSA) is 60.2 Å². The van der Waals surface area contributed by atoms with Crippen LogP contribution in [0.15, 0.2) is 24.4 Å². The lowest BCUT2D eigenvalue weighted by Crippen LogP contribution is -2.41. The second-order valence-corrected chi connectivity index (χ2v) is 6.49. The number of aromatic nitrogens is 1. The van der Waals surface area contributed by atoms with E-state index in [1.54, 1.807) is 7.05 Å². The van der Waals surface area contributed by atoms with Crippen molar-refractivity contribution in [3.8, 4) is 0 Å². The molecule has 1 fully saturated rings. The normalized spacial score (nSPS) is 16.6. The maximum atomic E-state index is 11.2. The smallest absolute Gasteiger partial charge is 0.314 e. The number of hydrogen-bond acceptors (Lipinski definition) is 2. The third kappa shape index (κ3) is 3.79. The van der Waals surface area contributed by atoms with Crippen molar-refractivity contribution in [2.45, 2.75) is 18.8 Å². The molecule has 2 heterocycles. The summed E-state index contributed by atoms with van der Waals surface area (Å²) in [5.41, 5.74) is 2.52. The van der Waals surface area contributed by atoms with E-state index in [2.05, 4.69) is 32.8 Å². The maximum Gasteiger partial charge on any atom is 0.314 e. The van der Waals surface area contributed by atoms with Crippen LogP contribution in [0.2, 0.25) is 5.02 Å². The Balaban J connectivity index is 1.55. The molecule has 1 saturated heterocycles. The van der Waals surface area contributed by atoms with Crippen LogP contribution in [0.5, 0.6) is 0 Å². The molecular formula is C17H23ClN4O. The van der Waals surface area contributed by atoms with Crippen molar-refractivity contribution in [3.63, 3.8) is 0 Å². The molecule has 0 spiro atoms. The van der Waals surface area contributed by atoms with Gasteiger partial charge in [0.15, 0.2) is 0 Å². The lowest BCUT2D eigenvalue weighted by molar-refractivity contribution is 0.209. The molecule has 6 heteroatoms. The van der Waals surface area contributed by atoms with Gasteiger partial charge >= 0.3 is 6.03 Å². The van der Waals surface area contributed by atoms with E-state index >= 15 is 0 Å². The molecule has 2 amide bonds. The molecule has 124 valence electrons. The van der Waals surface area contributed by atoms with Crippen LogP contribution in [0.25, 0.3) is 10.9 Å². The van der Waals surface area contributed by atoms with Gasteiger partial charge in [-0.3, -0.25) is 0 Å². The lowest BCUT2D eigenvalue weighted by atomic mass is 9.89. The third-order valence-electron chi connectivity index (χ3n) is 4.64. The average Bonchev–Trinajstić information content (AvgIpc) is 2.98. The Bertz CT molecular complexity index is 676. The average molecular weight is 335 g/mol. The van der Waals surface area contributed by atoms with Gasteiger partial charge in [-0.25, -0.2) is 4.79 Å². The molecule has 0 radical (unpaired) electrons. The van der Waals surface area contributed by atoms with Gasteiger partial charge in [-0.2, -0.15) is 0 Å². The molecule has 0 saturated carbocycles. The molecule has 0 atom stereocenters. The summed E-state index contributed by atoms with van der Waals surface area (Å²) in [4.78, 5) is 16.9. The first kappa shape index (κ1) is 16.1. The van der Waals surface area contributed by atoms with Crippen LogP contribution in [-0.4, -0.2) is 49.1 Å². The molecular weight excluding hydrogens is 312 g/mol. The van der Waals surface area contributed by atoms with E-state index in [4.69, 9.17) is 11.6 Å². The number of carbonyl (C=O) groups excluding carboxylic acids is 1. The van der Waals surface area contributed by atoms with E-state index in [-0.39, 0.29) is 6.03 Å². The fourth-order valence-electron chi connectivity index (χ4n) is 3.34. The third-order valence-corrected chi connectivity index (χ3v) is 4.88. The summed E-state index contributed by atoms with van der Waals surface area (Å²) in [6.07, 6.45) is 4.43. The molecule has 23 heavy (non-hydrogen) atoms. The molecule has 1 aliphatic heterocycles. The highest BCUT2D eigenvalue weighted by molar-refractivity contribution is 6.31. The minimum atomic E-state index is -0.114. The van der Waals surface area contributed by atoms with Crippen LogP contribution in [0.3, 0.4) is 0 Å². The van der Waals surface area contributed by atoms with Crippen LogP contribution in [0.1, 0.15) is 24.3 Å². The highest BCUT2D eigenvalue weighted by Gasteiger charge is 2.22. The molecule has 0 bridgehead atoms. The van der Waals surface area contributed by atoms with Crippen molar-refractivity contribution in [2.75, 3.05) is 33.2 Å². The van der Waals surface area contributed by atoms with Crippen molar-refractivity contribution >= 4 is 28.5 Å². The first-order valence-electron chi connectivity index (χ1n) is 8.12. The summed E-state index contributed by atoms with van der Waals surface area (Å²) < 4.78 is 0. The van der Waals surface area contributed by atoms with Crippen molar-refractivity contribution in [3.05, 3.63) is 35.0 Å². The molecule has 1 aromatic carbocycles. The second-order valence-electron chi connectivity index (χ2n) is 6.06. The highest BCUT2D eigenvalue weighted by Crippen LogP contribution is 2.33. The van der Waals surface area contributed by atoms with Crippen LogP contribution in [-0.2, 0) is 0 Å². The van der Waals surface area contributed by atoms with Crippen LogP contribution < -0.4 is 10.6 Å². The molecule has 3 N–H and O–H groups in total. The van der Waals surface area contributed by atoms with Gasteiger partial charge in [-0.05, 0) is 49.5 Å². The number of piperidine rings is 1. The molecule has 0 aliphatic carbocycles. The number of H-pyrrole nitrogens is 1. The zero-order chi connectivity index (χ0) is 16.2. The summed E-state index contributed by atoms with van der Waals surface area (Å²) in [5.74, 6) is 0.591. The fourth-order valence-corrected chi connectivity index (χ4v) is 3.51. The standard InChI is InChI=1S/C17H23ClN4O/c1-19-17(23)20-6-9-22-7-4-12(5-8-22)15-11-21-16-10-13(18)2-3-14(15)16/h2-3,10-12,21H,4-9H2,1H3,(H2,19,20,23). The van der Waals surface area contributed by atoms with E-state index in [0.29, 0.717) is 12.5 Å². The number of hydrogen-bond donors (Lipinski definition) is 3. The first-order chi connectivity index (χ1) is 11.2. The quantitative estimate of drug-likeness (QED) is 0.805. The number of carbonyl (C=O) groups is 1. The van der Waals surface area contributed by atoms with Gasteiger partial charge in [0.2, 0.25) is 0 Å². The first-order valence-corrected chi connectivity index (χ1v) is 8.49. The van der Waals surface area contributed by atoms with E-state index in [0.717, 1.165) is 43.0 Å². The van der Waals surface area contributed by atoms with Crippen LogP contribution in [0.4, 0.5) is 4.79 Å². The Morgan fingerprint density at radius 3 is 2.91 bits per heavy atom. The van der Waals surface area contributed by atoms with E-state index in [1.165, 1.54) is 10.9 Å². The lowest BCUT2D eigenvalue weighted by Gasteiger charge is -2.31. The van der Waals surface area contributed by atoms with Gasteiger partial charge in [0.05, 0.1) is 0 Å². The molecule has 3 rings (SSSR count). The summed E-state index contributed by atoms with van der Waals surface area (Å²) in [5, 5.41) is 7.46. The number of likely N-dealkylation sites (tertiary alicyclic amines) is 1. The molecule has 5 nitrogen and oxygen atoms in total. The highest BCUT2D eigenvalue weighted by atomic mass is 35.5. The summed E-state index contributed by atoms with van der Waals surface area (Å²) in [6, 6.07) is 5.95. The van der Waals surface area contributed by atoms with Crippen molar-refractivity contribution in [2.24, 2.45) is 0 Å². The Kier molecular flexibility index (Phi) is 5.08. The number of halogens is 1. The number of fused-ring (bicyclic) bond motifs is 1. The van der Waals surface area contributed by atoms with Gasteiger partial charge < -0.3 is 20.5 Å². The van der Waals surface area contributed by atoms with Gasteiger partial charge in [0.25, 0.3) is 0 Å². The number of nitrogens with one attached hydrogen (secondary N) is 3. The van der Waals surface area contributed by atoms with Gasteiger partial charge in [-0.1, -0.05) is 17.7 Å². The monoisotopic (exact) mass is 334 g/mol. The Morgan fingerprint density at radius 1 is 1.39 bits per heavy atom. The number of benzene rings is 1. The van der Waals surface area contributed by atoms with E-state index in [1.807, 2.05) is 12.1 Å². The minimum Gasteiger partial charge on any atom is -0.361 e. The Labute approximate surface area is 141 Å². The SMILES string of the molecule is CNC(=O)NCCN1CCC(c2c[nH]c3cc(Cl)ccc23)CC1. The summed E-state index contributed by atoms with van der Waals surface area (Å²) in [6.45, 7) is 3.74. The molecule has 1 aliphatic rings. The minimum absolute atomic E-state index is 0.114. The van der Waals surface area contributed by atoms with Crippen molar-refractivity contribution in [1.29, 1.82) is 0 Å². The van der Waals surface area contributed by atoms with Crippen molar-refractivity contribution in [1.82, 2.24) is 20.5 Å². The van der Waals surface area contributed by atoms with Gasteiger partial charge in [0.1, 0.15) is 0 Å². The maximum absolute atomic E-state index is 11.2. The molecule has 0 unspecified atom stereocenters. The number of aromatic amines is 1. The Hall–Kier alpha value is -1.72. The number of urea groups is 1. The Morgan fingerprint density at radius 2 is 2.17 bits per heavy atom. The number of nitrogens with zero attached hydrogens (tertiary/aromatic N) is 1. The van der Waals surface area contributed by atoms with Gasteiger partial charge in [-0.15, -0.1) is 0 Å². The summed E-state index contributed by atoms with van der Waals surface area (Å²) >= 11 is 6.05. The zero-order valence-corrected chi connectivity index (χ0v) is 14.1. The van der Waals surface area contributed by atoms with Crippen LogP contribution >= 0.6 is 11.6 Å². The van der Waals surface area contributed by atoms with E-state index < -0.39 is 0 Å². The molecule has 2 aromatic rings. The molecule has 1 aromatic heterocycles. The zero-order valence-electron chi connectivity index (χ0n) is 13.4. The summed E-state index contributed by atoms with van der Waals surface area (Å²) in [7, 11) is 1.63. The van der Waals surface area contributed by atoms with Crippen LogP contribution in [0, 0.1) is 0 Å². The van der Waals surface area contributed by atoms with Crippen molar-refractivity contribution < 1.29 is 4.79 Å². The predicted molar refractivity (Wildman–Crippen MR) is 94.2 cm³/mol. The van der Waals surface area contributed by atoms with E-state index in [9.17, 15) is 4.79 Å². The number of amides is 2. The largest absolute Gasteiger partial charge is 0.361 e. The van der Waals surface area contributed by atoms with Gasteiger partial charge in [0, 0.05) is 42.3 Å². The second kappa shape index (κ2) is 7.23. The fraction of sp³-hybridized carbons (Fsp3) is 0.471.